The summed E-state index contributed by atoms with van der Waals surface area (Å²) >= 11 is 0. The molecule has 2 aromatic carbocycles. The van der Waals surface area contributed by atoms with Gasteiger partial charge in [0.1, 0.15) is 17.6 Å². The lowest BCUT2D eigenvalue weighted by Gasteiger charge is -2.29. The topological polar surface area (TPSA) is 87.7 Å². The number of benzene rings is 2. The van der Waals surface area contributed by atoms with Crippen molar-refractivity contribution in [3.63, 3.8) is 0 Å². The van der Waals surface area contributed by atoms with Gasteiger partial charge in [-0.05, 0) is 36.8 Å². The zero-order chi connectivity index (χ0) is 20.5. The van der Waals surface area contributed by atoms with E-state index in [1.165, 1.54) is 18.1 Å². The third kappa shape index (κ3) is 4.66. The molecule has 9 heteroatoms. The highest BCUT2D eigenvalue weighted by atomic mass is 32.1. The number of fused-ring (bicyclic) bond motifs is 1. The van der Waals surface area contributed by atoms with Crippen molar-refractivity contribution in [1.29, 1.82) is 0 Å². The van der Waals surface area contributed by atoms with Gasteiger partial charge >= 0.3 is 0 Å². The van der Waals surface area contributed by atoms with Crippen LogP contribution in [0.4, 0.5) is 10.1 Å². The van der Waals surface area contributed by atoms with Crippen LogP contribution in [0.25, 0.3) is 0 Å². The fourth-order valence-corrected chi connectivity index (χ4v) is 3.76. The standard InChI is InChI=1S/C21H20FN3O4.CH4.H2S/c1-29-13-5-6-16(22)12(9-13)10-23-17-4-2-3-14-15(17)11-25(21(14)28)18-7-8-19(26)24-20(18)27;;/h2-6,9,18,23H,7-8,10-11H2,1H3,(H,24,26,27);1H4;1H2/t18-;;/m0../s1. The summed E-state index contributed by atoms with van der Waals surface area (Å²) in [5, 5.41) is 5.48. The molecule has 31 heavy (non-hydrogen) atoms. The maximum absolute atomic E-state index is 14.1. The molecule has 2 aliphatic heterocycles. The van der Waals surface area contributed by atoms with Crippen LogP contribution in [0.2, 0.25) is 0 Å². The number of carbonyl (C=O) groups is 3. The molecule has 2 heterocycles. The van der Waals surface area contributed by atoms with Gasteiger partial charge in [-0.15, -0.1) is 0 Å². The van der Waals surface area contributed by atoms with E-state index in [1.807, 2.05) is 6.07 Å². The van der Waals surface area contributed by atoms with Crippen LogP contribution < -0.4 is 15.4 Å². The van der Waals surface area contributed by atoms with E-state index >= 15 is 0 Å². The normalized spacial score (nSPS) is 17.3. The quantitative estimate of drug-likeness (QED) is 0.688. The molecule has 0 aliphatic carbocycles. The zero-order valence-corrected chi connectivity index (χ0v) is 17.3. The van der Waals surface area contributed by atoms with Crippen LogP contribution >= 0.6 is 13.5 Å². The molecule has 2 aliphatic rings. The van der Waals surface area contributed by atoms with E-state index in [-0.39, 0.29) is 58.1 Å². The Morgan fingerprint density at radius 2 is 2.00 bits per heavy atom. The second-order valence-corrected chi connectivity index (χ2v) is 7.04. The average Bonchev–Trinajstić information content (AvgIpc) is 3.04. The van der Waals surface area contributed by atoms with Crippen molar-refractivity contribution in [2.24, 2.45) is 0 Å². The van der Waals surface area contributed by atoms with E-state index in [1.54, 1.807) is 24.3 Å². The number of halogens is 1. The first-order chi connectivity index (χ1) is 14.0. The summed E-state index contributed by atoms with van der Waals surface area (Å²) in [6.07, 6.45) is 0.513. The molecule has 4 rings (SSSR count). The van der Waals surface area contributed by atoms with Crippen molar-refractivity contribution in [2.75, 3.05) is 12.4 Å². The lowest BCUT2D eigenvalue weighted by atomic mass is 10.0. The number of ether oxygens (including phenoxy) is 1. The van der Waals surface area contributed by atoms with Gasteiger partial charge in [0, 0.05) is 41.9 Å². The molecule has 1 saturated heterocycles. The van der Waals surface area contributed by atoms with Crippen molar-refractivity contribution < 1.29 is 23.5 Å². The minimum absolute atomic E-state index is 0. The molecule has 0 spiro atoms. The number of piperidine rings is 1. The summed E-state index contributed by atoms with van der Waals surface area (Å²) in [5.74, 6) is -0.813. The SMILES string of the molecule is C.COc1ccc(F)c(CNc2cccc3c2CN([C@H]2CCC(=O)NC2=O)C3=O)c1.S. The molecule has 1 atom stereocenters. The van der Waals surface area contributed by atoms with Crippen LogP contribution in [-0.2, 0) is 22.7 Å². The molecule has 1 fully saturated rings. The highest BCUT2D eigenvalue weighted by molar-refractivity contribution is 7.59. The summed E-state index contributed by atoms with van der Waals surface area (Å²) in [6.45, 7) is 0.469. The molecule has 2 aromatic rings. The molecule has 166 valence electrons. The number of methoxy groups -OCH3 is 1. The van der Waals surface area contributed by atoms with E-state index < -0.39 is 11.9 Å². The number of rotatable bonds is 5. The monoisotopic (exact) mass is 447 g/mol. The van der Waals surface area contributed by atoms with E-state index in [2.05, 4.69) is 10.6 Å². The van der Waals surface area contributed by atoms with E-state index in [9.17, 15) is 18.8 Å². The van der Waals surface area contributed by atoms with E-state index in [4.69, 9.17) is 4.74 Å². The number of imide groups is 1. The van der Waals surface area contributed by atoms with E-state index in [0.717, 1.165) is 5.56 Å². The number of nitrogens with zero attached hydrogens (tertiary/aromatic N) is 1. The van der Waals surface area contributed by atoms with Crippen LogP contribution in [0, 0.1) is 5.82 Å². The molecule has 3 amide bonds. The highest BCUT2D eigenvalue weighted by Gasteiger charge is 2.39. The summed E-state index contributed by atoms with van der Waals surface area (Å²) in [4.78, 5) is 37.9. The molecule has 2 N–H and O–H groups in total. The summed E-state index contributed by atoms with van der Waals surface area (Å²) in [5.41, 5.74) is 2.40. The Kier molecular flexibility index (Phi) is 7.67. The van der Waals surface area contributed by atoms with Crippen molar-refractivity contribution in [1.82, 2.24) is 10.2 Å². The average molecular weight is 448 g/mol. The predicted molar refractivity (Wildman–Crippen MR) is 120 cm³/mol. The van der Waals surface area contributed by atoms with Crippen LogP contribution in [0.3, 0.4) is 0 Å². The Labute approximate surface area is 187 Å². The second kappa shape index (κ2) is 9.82. The molecule has 0 bridgehead atoms. The number of nitrogens with one attached hydrogen (secondary N) is 2. The first-order valence-corrected chi connectivity index (χ1v) is 9.30. The Morgan fingerprint density at radius 1 is 1.23 bits per heavy atom. The first-order valence-electron chi connectivity index (χ1n) is 9.30. The predicted octanol–water partition coefficient (Wildman–Crippen LogP) is 2.96. The lowest BCUT2D eigenvalue weighted by molar-refractivity contribution is -0.136. The minimum atomic E-state index is -0.670. The van der Waals surface area contributed by atoms with Gasteiger partial charge in [0.05, 0.1) is 7.11 Å². The van der Waals surface area contributed by atoms with Gasteiger partial charge in [-0.3, -0.25) is 19.7 Å². The highest BCUT2D eigenvalue weighted by Crippen LogP contribution is 2.32. The van der Waals surface area contributed by atoms with Gasteiger partial charge in [0.15, 0.2) is 0 Å². The molecule has 0 saturated carbocycles. The maximum Gasteiger partial charge on any atom is 0.255 e. The van der Waals surface area contributed by atoms with Gasteiger partial charge < -0.3 is 15.0 Å². The Bertz CT molecular complexity index is 1010. The minimum Gasteiger partial charge on any atom is -0.497 e. The van der Waals surface area contributed by atoms with Crippen LogP contribution in [-0.4, -0.2) is 35.8 Å². The summed E-state index contributed by atoms with van der Waals surface area (Å²) in [7, 11) is 1.52. The summed E-state index contributed by atoms with van der Waals surface area (Å²) in [6, 6.07) is 9.12. The molecule has 0 radical (unpaired) electrons. The van der Waals surface area contributed by atoms with Crippen LogP contribution in [0.15, 0.2) is 36.4 Å². The third-order valence-electron chi connectivity index (χ3n) is 5.30. The van der Waals surface area contributed by atoms with Gasteiger partial charge in [-0.25, -0.2) is 4.39 Å². The molecular formula is C22H26FN3O4S. The van der Waals surface area contributed by atoms with Gasteiger partial charge in [-0.1, -0.05) is 13.5 Å². The lowest BCUT2D eigenvalue weighted by Crippen LogP contribution is -2.52. The van der Waals surface area contributed by atoms with Crippen molar-refractivity contribution in [3.8, 4) is 5.75 Å². The number of hydrogen-bond donors (Lipinski definition) is 2. The third-order valence-corrected chi connectivity index (χ3v) is 5.30. The number of amides is 3. The molecular weight excluding hydrogens is 421 g/mol. The van der Waals surface area contributed by atoms with Gasteiger partial charge in [0.2, 0.25) is 11.8 Å². The zero-order valence-electron chi connectivity index (χ0n) is 16.3. The van der Waals surface area contributed by atoms with Gasteiger partial charge in [0.25, 0.3) is 5.91 Å². The van der Waals surface area contributed by atoms with Crippen molar-refractivity contribution in [2.45, 2.75) is 39.4 Å². The smallest absolute Gasteiger partial charge is 0.255 e. The second-order valence-electron chi connectivity index (χ2n) is 7.04. The largest absolute Gasteiger partial charge is 0.497 e. The Balaban J connectivity index is 0.00000171. The fraction of sp³-hybridized carbons (Fsp3) is 0.318. The van der Waals surface area contributed by atoms with Crippen LogP contribution in [0.5, 0.6) is 5.75 Å². The molecule has 7 nitrogen and oxygen atoms in total. The van der Waals surface area contributed by atoms with Crippen molar-refractivity contribution in [3.05, 3.63) is 58.9 Å². The maximum atomic E-state index is 14.1. The number of carbonyl (C=O) groups excluding carboxylic acids is 3. The number of hydrogen-bond acceptors (Lipinski definition) is 5. The Morgan fingerprint density at radius 3 is 2.71 bits per heavy atom. The summed E-state index contributed by atoms with van der Waals surface area (Å²) < 4.78 is 19.2. The number of anilines is 1. The van der Waals surface area contributed by atoms with Gasteiger partial charge in [-0.2, -0.15) is 13.5 Å². The van der Waals surface area contributed by atoms with E-state index in [0.29, 0.717) is 29.0 Å². The van der Waals surface area contributed by atoms with Crippen molar-refractivity contribution >= 4 is 36.9 Å². The van der Waals surface area contributed by atoms with Crippen LogP contribution in [0.1, 0.15) is 41.8 Å². The Hall–Kier alpha value is -3.07. The molecule has 0 aromatic heterocycles. The molecule has 0 unspecified atom stereocenters. The fourth-order valence-electron chi connectivity index (χ4n) is 3.76. The first kappa shape index (κ1) is 24.2.